The highest BCUT2D eigenvalue weighted by molar-refractivity contribution is 6.30. The molecule has 2 aromatic carbocycles. The van der Waals surface area contributed by atoms with Crippen LogP contribution in [0.15, 0.2) is 48.5 Å². The van der Waals surface area contributed by atoms with E-state index in [9.17, 15) is 9.59 Å². The summed E-state index contributed by atoms with van der Waals surface area (Å²) in [5.74, 6) is -0.139. The number of ether oxygens (including phenoxy) is 1. The van der Waals surface area contributed by atoms with E-state index >= 15 is 0 Å². The van der Waals surface area contributed by atoms with E-state index in [-0.39, 0.29) is 17.4 Å². The third kappa shape index (κ3) is 3.27. The number of amides is 2. The molecule has 6 heteroatoms. The fourth-order valence-corrected chi connectivity index (χ4v) is 3.44. The van der Waals surface area contributed by atoms with Gasteiger partial charge in [0.15, 0.2) is 0 Å². The Balaban J connectivity index is 1.44. The van der Waals surface area contributed by atoms with Crippen LogP contribution < -0.4 is 10.2 Å². The van der Waals surface area contributed by atoms with Crippen LogP contribution in [0.3, 0.4) is 0 Å². The quantitative estimate of drug-likeness (QED) is 0.871. The van der Waals surface area contributed by atoms with Crippen molar-refractivity contribution in [3.05, 3.63) is 64.7 Å². The molecule has 5 nitrogen and oxygen atoms in total. The Morgan fingerprint density at radius 3 is 2.62 bits per heavy atom. The summed E-state index contributed by atoms with van der Waals surface area (Å²) in [7, 11) is 0. The molecule has 0 radical (unpaired) electrons. The van der Waals surface area contributed by atoms with E-state index in [0.717, 1.165) is 12.8 Å². The number of carbonyl (C=O) groups is 2. The standard InChI is InChI=1S/C20H19ClN2O3/c21-16-6-4-15(5-7-16)20(8-9-20)13-22-18(24)14-2-1-3-17(12-14)23-10-11-26-19(23)25/h1-7,12H,8-11,13H2,(H,22,24). The molecule has 1 N–H and O–H groups in total. The Bertz CT molecular complexity index is 846. The first-order valence-electron chi connectivity index (χ1n) is 8.66. The SMILES string of the molecule is O=C(NCC1(c2ccc(Cl)cc2)CC1)c1cccc(N2CCOC2=O)c1. The Labute approximate surface area is 156 Å². The third-order valence-electron chi connectivity index (χ3n) is 5.08. The van der Waals surface area contributed by atoms with E-state index in [0.29, 0.717) is 36.0 Å². The van der Waals surface area contributed by atoms with E-state index < -0.39 is 0 Å². The van der Waals surface area contributed by atoms with Gasteiger partial charge in [-0.15, -0.1) is 0 Å². The minimum absolute atomic E-state index is 0.0105. The van der Waals surface area contributed by atoms with Crippen LogP contribution in [0.2, 0.25) is 5.02 Å². The van der Waals surface area contributed by atoms with Crippen molar-refractivity contribution in [3.8, 4) is 0 Å². The van der Waals surface area contributed by atoms with Crippen molar-refractivity contribution >= 4 is 29.3 Å². The zero-order chi connectivity index (χ0) is 18.1. The molecule has 1 aliphatic heterocycles. The van der Waals surface area contributed by atoms with E-state index in [1.54, 1.807) is 24.3 Å². The minimum Gasteiger partial charge on any atom is -0.447 e. The molecule has 0 bridgehead atoms. The molecule has 2 aliphatic rings. The van der Waals surface area contributed by atoms with Crippen LogP contribution in [0.5, 0.6) is 0 Å². The normalized spacial score (nSPS) is 17.7. The van der Waals surface area contributed by atoms with Crippen LogP contribution in [0.4, 0.5) is 10.5 Å². The molecule has 1 heterocycles. The van der Waals surface area contributed by atoms with E-state index in [4.69, 9.17) is 16.3 Å². The topological polar surface area (TPSA) is 58.6 Å². The van der Waals surface area contributed by atoms with Crippen LogP contribution in [0.25, 0.3) is 0 Å². The minimum atomic E-state index is -0.373. The predicted molar refractivity (Wildman–Crippen MR) is 99.8 cm³/mol. The molecule has 26 heavy (non-hydrogen) atoms. The van der Waals surface area contributed by atoms with Crippen LogP contribution in [-0.2, 0) is 10.2 Å². The second-order valence-electron chi connectivity index (χ2n) is 6.79. The zero-order valence-electron chi connectivity index (χ0n) is 14.2. The largest absolute Gasteiger partial charge is 0.447 e. The summed E-state index contributed by atoms with van der Waals surface area (Å²) in [5.41, 5.74) is 2.43. The third-order valence-corrected chi connectivity index (χ3v) is 5.33. The highest BCUT2D eigenvalue weighted by Gasteiger charge is 2.44. The van der Waals surface area contributed by atoms with Crippen molar-refractivity contribution in [2.24, 2.45) is 0 Å². The number of anilines is 1. The summed E-state index contributed by atoms with van der Waals surface area (Å²) in [6, 6.07) is 14.9. The van der Waals surface area contributed by atoms with E-state index in [2.05, 4.69) is 5.32 Å². The number of cyclic esters (lactones) is 1. The van der Waals surface area contributed by atoms with Gasteiger partial charge in [-0.05, 0) is 48.7 Å². The molecule has 1 aliphatic carbocycles. The van der Waals surface area contributed by atoms with Gasteiger partial charge in [0.1, 0.15) is 6.61 Å². The predicted octanol–water partition coefficient (Wildman–Crippen LogP) is 3.76. The summed E-state index contributed by atoms with van der Waals surface area (Å²) in [5, 5.41) is 3.75. The number of benzene rings is 2. The number of carbonyl (C=O) groups excluding carboxylic acids is 2. The van der Waals surface area contributed by atoms with Crippen molar-refractivity contribution < 1.29 is 14.3 Å². The van der Waals surface area contributed by atoms with E-state index in [1.165, 1.54) is 10.5 Å². The molecule has 1 saturated carbocycles. The van der Waals surface area contributed by atoms with Crippen molar-refractivity contribution in [1.29, 1.82) is 0 Å². The maximum Gasteiger partial charge on any atom is 0.414 e. The summed E-state index contributed by atoms with van der Waals surface area (Å²) in [6.07, 6.45) is 1.73. The Kier molecular flexibility index (Phi) is 4.32. The number of halogens is 1. The Morgan fingerprint density at radius 1 is 1.19 bits per heavy atom. The van der Waals surface area contributed by atoms with Crippen molar-refractivity contribution in [3.63, 3.8) is 0 Å². The average Bonchev–Trinajstić information content (AvgIpc) is 3.33. The number of hydrogen-bond acceptors (Lipinski definition) is 3. The summed E-state index contributed by atoms with van der Waals surface area (Å²) >= 11 is 5.96. The first-order valence-corrected chi connectivity index (χ1v) is 9.04. The van der Waals surface area contributed by atoms with Gasteiger partial charge in [-0.25, -0.2) is 4.79 Å². The number of hydrogen-bond donors (Lipinski definition) is 1. The molecule has 134 valence electrons. The number of rotatable bonds is 5. The zero-order valence-corrected chi connectivity index (χ0v) is 15.0. The van der Waals surface area contributed by atoms with Gasteiger partial charge < -0.3 is 10.1 Å². The fourth-order valence-electron chi connectivity index (χ4n) is 3.32. The van der Waals surface area contributed by atoms with Crippen LogP contribution in [-0.4, -0.2) is 31.7 Å². The molecular weight excluding hydrogens is 352 g/mol. The van der Waals surface area contributed by atoms with Crippen molar-refractivity contribution in [2.75, 3.05) is 24.6 Å². The highest BCUT2D eigenvalue weighted by atomic mass is 35.5. The van der Waals surface area contributed by atoms with E-state index in [1.807, 2.05) is 24.3 Å². The van der Waals surface area contributed by atoms with Crippen molar-refractivity contribution in [1.82, 2.24) is 5.32 Å². The number of nitrogens with zero attached hydrogens (tertiary/aromatic N) is 1. The molecule has 0 unspecified atom stereocenters. The van der Waals surface area contributed by atoms with Gasteiger partial charge >= 0.3 is 6.09 Å². The molecule has 2 fully saturated rings. The van der Waals surface area contributed by atoms with Crippen LogP contribution >= 0.6 is 11.6 Å². The Hall–Kier alpha value is -2.53. The lowest BCUT2D eigenvalue weighted by Gasteiger charge is -2.17. The molecule has 0 spiro atoms. The van der Waals surface area contributed by atoms with Gasteiger partial charge in [0.2, 0.25) is 0 Å². The first-order chi connectivity index (χ1) is 12.6. The lowest BCUT2D eigenvalue weighted by atomic mass is 9.96. The van der Waals surface area contributed by atoms with Crippen LogP contribution in [0.1, 0.15) is 28.8 Å². The maximum absolute atomic E-state index is 12.6. The molecule has 2 amide bonds. The van der Waals surface area contributed by atoms with Crippen molar-refractivity contribution in [2.45, 2.75) is 18.3 Å². The smallest absolute Gasteiger partial charge is 0.414 e. The average molecular weight is 371 g/mol. The molecule has 2 aromatic rings. The van der Waals surface area contributed by atoms with Crippen LogP contribution in [0, 0.1) is 0 Å². The fraction of sp³-hybridized carbons (Fsp3) is 0.300. The molecule has 0 aromatic heterocycles. The monoisotopic (exact) mass is 370 g/mol. The van der Waals surface area contributed by atoms with Gasteiger partial charge in [0.05, 0.1) is 6.54 Å². The number of nitrogens with one attached hydrogen (secondary N) is 1. The first kappa shape index (κ1) is 16.9. The molecule has 1 saturated heterocycles. The maximum atomic E-state index is 12.6. The molecular formula is C20H19ClN2O3. The molecule has 4 rings (SSSR count). The van der Waals surface area contributed by atoms with Gasteiger partial charge in [0, 0.05) is 28.2 Å². The van der Waals surface area contributed by atoms with Gasteiger partial charge in [0.25, 0.3) is 5.91 Å². The van der Waals surface area contributed by atoms with Gasteiger partial charge in [-0.1, -0.05) is 29.8 Å². The lowest BCUT2D eigenvalue weighted by molar-refractivity contribution is 0.0949. The Morgan fingerprint density at radius 2 is 1.96 bits per heavy atom. The summed E-state index contributed by atoms with van der Waals surface area (Å²) in [6.45, 7) is 1.46. The second kappa shape index (κ2) is 6.65. The molecule has 0 atom stereocenters. The summed E-state index contributed by atoms with van der Waals surface area (Å²) < 4.78 is 4.96. The summed E-state index contributed by atoms with van der Waals surface area (Å²) in [4.78, 5) is 25.8. The highest BCUT2D eigenvalue weighted by Crippen LogP contribution is 2.47. The van der Waals surface area contributed by atoms with Gasteiger partial charge in [-0.3, -0.25) is 9.69 Å². The van der Waals surface area contributed by atoms with Gasteiger partial charge in [-0.2, -0.15) is 0 Å². The second-order valence-corrected chi connectivity index (χ2v) is 7.22. The lowest BCUT2D eigenvalue weighted by Crippen LogP contribution is -2.32.